The van der Waals surface area contributed by atoms with E-state index in [1.54, 1.807) is 6.26 Å². The molecule has 0 spiro atoms. The maximum absolute atomic E-state index is 11.7. The zero-order valence-corrected chi connectivity index (χ0v) is 10.4. The fraction of sp³-hybridized carbons (Fsp3) is 0.900. The predicted octanol–water partition coefficient (Wildman–Crippen LogP) is -0.275. The van der Waals surface area contributed by atoms with Gasteiger partial charge in [0, 0.05) is 35.4 Å². The van der Waals surface area contributed by atoms with Gasteiger partial charge in [-0.3, -0.25) is 9.00 Å². The lowest BCUT2D eigenvalue weighted by molar-refractivity contribution is -0.125. The molecule has 4 nitrogen and oxygen atoms in total. The fourth-order valence-corrected chi connectivity index (χ4v) is 1.97. The summed E-state index contributed by atoms with van der Waals surface area (Å²) in [6, 6.07) is 0. The number of carbonyl (C=O) groups is 1. The Morgan fingerprint density at radius 3 is 2.73 bits per heavy atom. The van der Waals surface area contributed by atoms with Crippen molar-refractivity contribution in [2.75, 3.05) is 25.9 Å². The third kappa shape index (κ3) is 3.57. The van der Waals surface area contributed by atoms with Gasteiger partial charge < -0.3 is 10.6 Å². The number of hydrogen-bond donors (Lipinski definition) is 2. The van der Waals surface area contributed by atoms with Gasteiger partial charge in [-0.05, 0) is 19.4 Å². The lowest BCUT2D eigenvalue weighted by atomic mass is 9.97. The fourth-order valence-electron chi connectivity index (χ4n) is 1.65. The van der Waals surface area contributed by atoms with Crippen molar-refractivity contribution in [1.29, 1.82) is 0 Å². The van der Waals surface area contributed by atoms with Crippen LogP contribution in [0.4, 0.5) is 0 Å². The third-order valence-corrected chi connectivity index (χ3v) is 4.28. The molecule has 0 radical (unpaired) electrons. The van der Waals surface area contributed by atoms with Gasteiger partial charge in [-0.25, -0.2) is 0 Å². The Morgan fingerprint density at radius 2 is 2.27 bits per heavy atom. The van der Waals surface area contributed by atoms with Crippen molar-refractivity contribution in [3.8, 4) is 0 Å². The first-order chi connectivity index (χ1) is 7.02. The molecule has 88 valence electrons. The molecule has 0 aromatic rings. The molecule has 0 aliphatic carbocycles. The molecule has 0 bridgehead atoms. The highest BCUT2D eigenvalue weighted by Crippen LogP contribution is 2.15. The summed E-state index contributed by atoms with van der Waals surface area (Å²) in [5.74, 6) is 0.555. The SMILES string of the molecule is CC1CNCC1C(=O)NCC(C)S(C)=O. The normalized spacial score (nSPS) is 29.8. The van der Waals surface area contributed by atoms with Gasteiger partial charge in [-0.15, -0.1) is 0 Å². The maximum Gasteiger partial charge on any atom is 0.224 e. The van der Waals surface area contributed by atoms with Gasteiger partial charge >= 0.3 is 0 Å². The summed E-state index contributed by atoms with van der Waals surface area (Å²) < 4.78 is 11.1. The molecule has 4 unspecified atom stereocenters. The van der Waals surface area contributed by atoms with E-state index in [9.17, 15) is 9.00 Å². The van der Waals surface area contributed by atoms with Gasteiger partial charge in [0.15, 0.2) is 0 Å². The molecular formula is C10H20N2O2S. The highest BCUT2D eigenvalue weighted by molar-refractivity contribution is 7.84. The van der Waals surface area contributed by atoms with E-state index < -0.39 is 10.8 Å². The van der Waals surface area contributed by atoms with Gasteiger partial charge in [-0.1, -0.05) is 6.92 Å². The Morgan fingerprint density at radius 1 is 1.60 bits per heavy atom. The van der Waals surface area contributed by atoms with Crippen molar-refractivity contribution in [2.24, 2.45) is 11.8 Å². The molecule has 1 saturated heterocycles. The summed E-state index contributed by atoms with van der Waals surface area (Å²) in [7, 11) is -0.867. The summed E-state index contributed by atoms with van der Waals surface area (Å²) >= 11 is 0. The molecule has 5 heteroatoms. The molecule has 1 fully saturated rings. The molecule has 0 saturated carbocycles. The monoisotopic (exact) mass is 232 g/mol. The second-order valence-corrected chi connectivity index (χ2v) is 6.10. The van der Waals surface area contributed by atoms with Crippen LogP contribution in [0.2, 0.25) is 0 Å². The topological polar surface area (TPSA) is 58.2 Å². The van der Waals surface area contributed by atoms with Crippen LogP contribution in [0.5, 0.6) is 0 Å². The van der Waals surface area contributed by atoms with Crippen LogP contribution in [0.3, 0.4) is 0 Å². The number of carbonyl (C=O) groups excluding carboxylic acids is 1. The molecule has 1 rings (SSSR count). The first-order valence-corrected chi connectivity index (χ1v) is 6.95. The second-order valence-electron chi connectivity index (χ2n) is 4.30. The molecule has 1 heterocycles. The van der Waals surface area contributed by atoms with Crippen LogP contribution in [0.25, 0.3) is 0 Å². The molecule has 15 heavy (non-hydrogen) atoms. The summed E-state index contributed by atoms with van der Waals surface area (Å²) in [5, 5.41) is 6.08. The number of rotatable bonds is 4. The van der Waals surface area contributed by atoms with Crippen LogP contribution >= 0.6 is 0 Å². The molecule has 1 aliphatic heterocycles. The van der Waals surface area contributed by atoms with E-state index >= 15 is 0 Å². The van der Waals surface area contributed by atoms with Crippen molar-refractivity contribution in [3.63, 3.8) is 0 Å². The van der Waals surface area contributed by atoms with Crippen molar-refractivity contribution in [1.82, 2.24) is 10.6 Å². The third-order valence-electron chi connectivity index (χ3n) is 2.98. The Balaban J connectivity index is 2.32. The van der Waals surface area contributed by atoms with E-state index in [1.165, 1.54) is 0 Å². The van der Waals surface area contributed by atoms with E-state index in [0.29, 0.717) is 12.5 Å². The molecule has 1 aliphatic rings. The van der Waals surface area contributed by atoms with Crippen LogP contribution in [0.15, 0.2) is 0 Å². The quantitative estimate of drug-likeness (QED) is 0.701. The van der Waals surface area contributed by atoms with E-state index in [2.05, 4.69) is 17.6 Å². The Kier molecular flexibility index (Phi) is 4.73. The Labute approximate surface area is 93.7 Å². The largest absolute Gasteiger partial charge is 0.355 e. The van der Waals surface area contributed by atoms with Crippen molar-refractivity contribution >= 4 is 16.7 Å². The van der Waals surface area contributed by atoms with E-state index in [0.717, 1.165) is 13.1 Å². The average Bonchev–Trinajstić information content (AvgIpc) is 2.60. The lowest BCUT2D eigenvalue weighted by Gasteiger charge is -2.16. The van der Waals surface area contributed by atoms with Crippen molar-refractivity contribution in [2.45, 2.75) is 19.1 Å². The van der Waals surface area contributed by atoms with Gasteiger partial charge in [0.05, 0.1) is 5.92 Å². The van der Waals surface area contributed by atoms with Gasteiger partial charge in [-0.2, -0.15) is 0 Å². The Bertz CT molecular complexity index is 258. The van der Waals surface area contributed by atoms with Crippen molar-refractivity contribution < 1.29 is 9.00 Å². The summed E-state index contributed by atoms with van der Waals surface area (Å²) in [6.07, 6.45) is 1.66. The highest BCUT2D eigenvalue weighted by Gasteiger charge is 2.29. The van der Waals surface area contributed by atoms with Crippen LogP contribution < -0.4 is 10.6 Å². The number of amides is 1. The lowest BCUT2D eigenvalue weighted by Crippen LogP contribution is -2.38. The highest BCUT2D eigenvalue weighted by atomic mass is 32.2. The smallest absolute Gasteiger partial charge is 0.224 e. The van der Waals surface area contributed by atoms with E-state index in [1.807, 2.05) is 6.92 Å². The van der Waals surface area contributed by atoms with Crippen LogP contribution in [0, 0.1) is 11.8 Å². The molecular weight excluding hydrogens is 212 g/mol. The summed E-state index contributed by atoms with van der Waals surface area (Å²) in [5.41, 5.74) is 0. The molecule has 0 aromatic carbocycles. The van der Waals surface area contributed by atoms with Gasteiger partial charge in [0.2, 0.25) is 5.91 Å². The standard InChI is InChI=1S/C10H20N2O2S/c1-7-4-11-6-9(7)10(13)12-5-8(2)15(3)14/h7-9,11H,4-6H2,1-3H3,(H,12,13). The average molecular weight is 232 g/mol. The number of hydrogen-bond acceptors (Lipinski definition) is 3. The molecule has 1 amide bonds. The minimum atomic E-state index is -0.867. The number of nitrogens with one attached hydrogen (secondary N) is 2. The zero-order chi connectivity index (χ0) is 11.4. The summed E-state index contributed by atoms with van der Waals surface area (Å²) in [4.78, 5) is 11.7. The van der Waals surface area contributed by atoms with Crippen LogP contribution in [0.1, 0.15) is 13.8 Å². The van der Waals surface area contributed by atoms with Crippen molar-refractivity contribution in [3.05, 3.63) is 0 Å². The predicted molar refractivity (Wildman–Crippen MR) is 62.1 cm³/mol. The second kappa shape index (κ2) is 5.61. The molecule has 2 N–H and O–H groups in total. The zero-order valence-electron chi connectivity index (χ0n) is 9.58. The van der Waals surface area contributed by atoms with Gasteiger partial charge in [0.25, 0.3) is 0 Å². The first-order valence-electron chi connectivity index (χ1n) is 5.33. The molecule has 0 aromatic heterocycles. The Hall–Kier alpha value is -0.420. The maximum atomic E-state index is 11.7. The van der Waals surface area contributed by atoms with Crippen LogP contribution in [-0.2, 0) is 15.6 Å². The van der Waals surface area contributed by atoms with Crippen LogP contribution in [-0.4, -0.2) is 41.3 Å². The first kappa shape index (κ1) is 12.6. The van der Waals surface area contributed by atoms with Gasteiger partial charge in [0.1, 0.15) is 0 Å². The summed E-state index contributed by atoms with van der Waals surface area (Å²) in [6.45, 7) is 6.13. The molecule has 4 atom stereocenters. The minimum absolute atomic E-state index is 0.0265. The minimum Gasteiger partial charge on any atom is -0.355 e. The van der Waals surface area contributed by atoms with E-state index in [-0.39, 0.29) is 17.1 Å². The van der Waals surface area contributed by atoms with E-state index in [4.69, 9.17) is 0 Å².